The van der Waals surface area contributed by atoms with E-state index in [0.29, 0.717) is 31.9 Å². The minimum Gasteiger partial charge on any atom is -0.370 e. The van der Waals surface area contributed by atoms with Crippen molar-refractivity contribution in [1.82, 2.24) is 24.8 Å². The summed E-state index contributed by atoms with van der Waals surface area (Å²) in [5.41, 5.74) is 3.18. The third-order valence-corrected chi connectivity index (χ3v) is 6.65. The van der Waals surface area contributed by atoms with Crippen LogP contribution in [0.1, 0.15) is 26.8 Å². The SMILES string of the molecule is Cc1nc(CN2CC(OCc3ccncc3)CN(C(=O)c3cc4ccccc4[nH]3)CC2=O)cs1. The Labute approximate surface area is 201 Å². The lowest BCUT2D eigenvalue weighted by molar-refractivity contribution is -0.132. The molecule has 0 spiro atoms. The highest BCUT2D eigenvalue weighted by atomic mass is 32.1. The molecule has 1 saturated heterocycles. The van der Waals surface area contributed by atoms with Gasteiger partial charge in [-0.25, -0.2) is 4.98 Å². The summed E-state index contributed by atoms with van der Waals surface area (Å²) < 4.78 is 6.20. The molecule has 0 bridgehead atoms. The predicted molar refractivity (Wildman–Crippen MR) is 129 cm³/mol. The molecule has 4 heterocycles. The fourth-order valence-corrected chi connectivity index (χ4v) is 4.72. The van der Waals surface area contributed by atoms with E-state index in [1.807, 2.05) is 54.8 Å². The highest BCUT2D eigenvalue weighted by Crippen LogP contribution is 2.20. The maximum Gasteiger partial charge on any atom is 0.270 e. The highest BCUT2D eigenvalue weighted by molar-refractivity contribution is 7.09. The molecule has 1 fully saturated rings. The first kappa shape index (κ1) is 22.2. The molecule has 5 rings (SSSR count). The summed E-state index contributed by atoms with van der Waals surface area (Å²) in [6.45, 7) is 3.41. The van der Waals surface area contributed by atoms with Gasteiger partial charge in [0.05, 0.1) is 30.0 Å². The van der Waals surface area contributed by atoms with Crippen LogP contribution in [-0.4, -0.2) is 62.3 Å². The number of hydrogen-bond acceptors (Lipinski definition) is 6. The number of ether oxygens (including phenoxy) is 1. The van der Waals surface area contributed by atoms with Crippen molar-refractivity contribution in [3.8, 4) is 0 Å². The van der Waals surface area contributed by atoms with Crippen LogP contribution in [0.4, 0.5) is 0 Å². The van der Waals surface area contributed by atoms with E-state index in [4.69, 9.17) is 4.74 Å². The van der Waals surface area contributed by atoms with Gasteiger partial charge in [-0.3, -0.25) is 14.6 Å². The molecule has 2 amide bonds. The summed E-state index contributed by atoms with van der Waals surface area (Å²) in [4.78, 5) is 41.7. The topological polar surface area (TPSA) is 91.4 Å². The number of pyridine rings is 1. The van der Waals surface area contributed by atoms with Crippen molar-refractivity contribution in [2.24, 2.45) is 0 Å². The zero-order valence-electron chi connectivity index (χ0n) is 18.8. The lowest BCUT2D eigenvalue weighted by Crippen LogP contribution is -2.39. The van der Waals surface area contributed by atoms with Gasteiger partial charge < -0.3 is 19.5 Å². The van der Waals surface area contributed by atoms with Crippen LogP contribution in [-0.2, 0) is 22.7 Å². The van der Waals surface area contributed by atoms with E-state index in [1.54, 1.807) is 33.5 Å². The Kier molecular flexibility index (Phi) is 6.37. The Bertz CT molecular complexity index is 1270. The number of para-hydroxylation sites is 1. The van der Waals surface area contributed by atoms with Crippen molar-refractivity contribution in [2.45, 2.75) is 26.2 Å². The highest BCUT2D eigenvalue weighted by Gasteiger charge is 2.32. The quantitative estimate of drug-likeness (QED) is 0.462. The zero-order valence-corrected chi connectivity index (χ0v) is 19.6. The summed E-state index contributed by atoms with van der Waals surface area (Å²) in [6, 6.07) is 13.3. The first-order valence-corrected chi connectivity index (χ1v) is 12.0. The van der Waals surface area contributed by atoms with E-state index in [9.17, 15) is 9.59 Å². The molecule has 1 N–H and O–H groups in total. The van der Waals surface area contributed by atoms with E-state index in [2.05, 4.69) is 15.0 Å². The molecule has 3 aromatic heterocycles. The number of aromatic amines is 1. The fourth-order valence-electron chi connectivity index (χ4n) is 4.12. The predicted octanol–water partition coefficient (Wildman–Crippen LogP) is 3.40. The van der Waals surface area contributed by atoms with E-state index < -0.39 is 0 Å². The lowest BCUT2D eigenvalue weighted by Gasteiger charge is -2.24. The number of carbonyl (C=O) groups excluding carboxylic acids is 2. The Morgan fingerprint density at radius 1 is 1.21 bits per heavy atom. The third-order valence-electron chi connectivity index (χ3n) is 5.83. The van der Waals surface area contributed by atoms with Gasteiger partial charge in [0.1, 0.15) is 12.2 Å². The number of nitrogens with one attached hydrogen (secondary N) is 1. The fraction of sp³-hybridized carbons (Fsp3) is 0.280. The van der Waals surface area contributed by atoms with Gasteiger partial charge in [-0.2, -0.15) is 0 Å². The van der Waals surface area contributed by atoms with Gasteiger partial charge in [-0.15, -0.1) is 11.3 Å². The molecular formula is C25H25N5O3S. The molecule has 34 heavy (non-hydrogen) atoms. The molecule has 8 nitrogen and oxygen atoms in total. The second-order valence-corrected chi connectivity index (χ2v) is 9.44. The number of amides is 2. The smallest absolute Gasteiger partial charge is 0.270 e. The number of H-pyrrole nitrogens is 1. The van der Waals surface area contributed by atoms with Crippen molar-refractivity contribution < 1.29 is 14.3 Å². The van der Waals surface area contributed by atoms with E-state index in [1.165, 1.54) is 0 Å². The van der Waals surface area contributed by atoms with Gasteiger partial charge in [0, 0.05) is 41.8 Å². The first-order chi connectivity index (χ1) is 16.5. The Morgan fingerprint density at radius 2 is 2.03 bits per heavy atom. The molecule has 1 aliphatic heterocycles. The van der Waals surface area contributed by atoms with Crippen molar-refractivity contribution >= 4 is 34.1 Å². The van der Waals surface area contributed by atoms with Gasteiger partial charge in [0.25, 0.3) is 5.91 Å². The van der Waals surface area contributed by atoms with Crippen LogP contribution in [0.25, 0.3) is 10.9 Å². The Hall–Kier alpha value is -3.56. The summed E-state index contributed by atoms with van der Waals surface area (Å²) in [7, 11) is 0. The summed E-state index contributed by atoms with van der Waals surface area (Å²) in [5, 5.41) is 3.88. The number of nitrogens with zero attached hydrogens (tertiary/aromatic N) is 4. The third kappa shape index (κ3) is 5.00. The van der Waals surface area contributed by atoms with Crippen LogP contribution >= 0.6 is 11.3 Å². The van der Waals surface area contributed by atoms with Crippen LogP contribution in [0.5, 0.6) is 0 Å². The largest absolute Gasteiger partial charge is 0.370 e. The number of aromatic nitrogens is 3. The zero-order chi connectivity index (χ0) is 23.5. The number of benzene rings is 1. The van der Waals surface area contributed by atoms with Crippen LogP contribution in [0, 0.1) is 6.92 Å². The molecular weight excluding hydrogens is 450 g/mol. The van der Waals surface area contributed by atoms with Gasteiger partial charge in [-0.1, -0.05) is 18.2 Å². The summed E-state index contributed by atoms with van der Waals surface area (Å²) in [5.74, 6) is -0.335. The minimum atomic E-state index is -0.340. The number of carbonyl (C=O) groups is 2. The van der Waals surface area contributed by atoms with E-state index >= 15 is 0 Å². The number of fused-ring (bicyclic) bond motifs is 1. The maximum atomic E-state index is 13.4. The molecule has 1 unspecified atom stereocenters. The number of hydrogen-bond donors (Lipinski definition) is 1. The average Bonchev–Trinajstić information content (AvgIpc) is 3.43. The van der Waals surface area contributed by atoms with E-state index in [0.717, 1.165) is 27.2 Å². The first-order valence-electron chi connectivity index (χ1n) is 11.1. The average molecular weight is 476 g/mol. The van der Waals surface area contributed by atoms with Crippen LogP contribution in [0.15, 0.2) is 60.2 Å². The molecule has 4 aromatic rings. The van der Waals surface area contributed by atoms with Gasteiger partial charge >= 0.3 is 0 Å². The van der Waals surface area contributed by atoms with Gasteiger partial charge in [0.2, 0.25) is 5.91 Å². The standard InChI is InChI=1S/C25H25N5O3S/c1-17-27-20(16-34-17)11-29-12-21(33-15-18-6-8-26-9-7-18)13-30(14-24(29)31)25(32)23-10-19-4-2-3-5-22(19)28-23/h2-10,16,21,28H,11-15H2,1H3. The molecule has 0 radical (unpaired) electrons. The lowest BCUT2D eigenvalue weighted by atomic mass is 10.2. The molecule has 1 aromatic carbocycles. The maximum absolute atomic E-state index is 13.4. The van der Waals surface area contributed by atoms with Crippen LogP contribution in [0.2, 0.25) is 0 Å². The molecule has 0 aliphatic carbocycles. The monoisotopic (exact) mass is 475 g/mol. The van der Waals surface area contributed by atoms with Crippen LogP contribution in [0.3, 0.4) is 0 Å². The number of thiazole rings is 1. The van der Waals surface area contributed by atoms with E-state index in [-0.39, 0.29) is 24.5 Å². The Balaban J connectivity index is 1.37. The molecule has 1 atom stereocenters. The second kappa shape index (κ2) is 9.74. The number of rotatable bonds is 6. The van der Waals surface area contributed by atoms with Gasteiger partial charge in [-0.05, 0) is 36.8 Å². The van der Waals surface area contributed by atoms with Crippen LogP contribution < -0.4 is 0 Å². The van der Waals surface area contributed by atoms with Gasteiger partial charge in [0.15, 0.2) is 0 Å². The molecule has 9 heteroatoms. The van der Waals surface area contributed by atoms with Crippen molar-refractivity contribution in [3.05, 3.63) is 82.2 Å². The summed E-state index contributed by atoms with van der Waals surface area (Å²) in [6.07, 6.45) is 3.10. The molecule has 174 valence electrons. The number of aryl methyl sites for hydroxylation is 1. The van der Waals surface area contributed by atoms with Crippen molar-refractivity contribution in [3.63, 3.8) is 0 Å². The minimum absolute atomic E-state index is 0.00751. The Morgan fingerprint density at radius 3 is 2.79 bits per heavy atom. The van der Waals surface area contributed by atoms with Crippen molar-refractivity contribution in [1.29, 1.82) is 0 Å². The molecule has 1 aliphatic rings. The summed E-state index contributed by atoms with van der Waals surface area (Å²) >= 11 is 1.56. The normalized spacial score (nSPS) is 16.7. The van der Waals surface area contributed by atoms with Crippen molar-refractivity contribution in [2.75, 3.05) is 19.6 Å². The second-order valence-electron chi connectivity index (χ2n) is 8.38. The molecule has 0 saturated carbocycles.